The van der Waals surface area contributed by atoms with Crippen LogP contribution in [0.3, 0.4) is 0 Å². The molecule has 3 heterocycles. The van der Waals surface area contributed by atoms with Crippen LogP contribution >= 0.6 is 0 Å². The van der Waals surface area contributed by atoms with Crippen molar-refractivity contribution < 1.29 is 9.21 Å². The molecule has 0 radical (unpaired) electrons. The Morgan fingerprint density at radius 2 is 1.90 bits per heavy atom. The maximum absolute atomic E-state index is 12.6. The number of rotatable bonds is 1. The number of hydrogen-bond donors (Lipinski definition) is 1. The van der Waals surface area contributed by atoms with Gasteiger partial charge in [-0.3, -0.25) is 10.1 Å². The fourth-order valence-corrected chi connectivity index (χ4v) is 3.40. The van der Waals surface area contributed by atoms with Gasteiger partial charge in [0.25, 0.3) is 0 Å². The second-order valence-corrected chi connectivity index (χ2v) is 6.65. The van der Waals surface area contributed by atoms with Gasteiger partial charge < -0.3 is 4.42 Å². The SMILES string of the molecule is Cc1cc(=O)oc2c1c(C)nn2C1=NC(c2ccc(C#N)cc2)C(C#N)C(=O)N1. The summed E-state index contributed by atoms with van der Waals surface area (Å²) in [6, 6.07) is 11.1. The number of nitrogens with one attached hydrogen (secondary N) is 1. The van der Waals surface area contributed by atoms with E-state index in [1.54, 1.807) is 38.1 Å². The standard InChI is InChI=1S/C20H14N6O3/c1-10-7-15(27)29-19-16(10)11(2)25-26(19)20-23-17(14(9-22)18(28)24-20)13-5-3-12(8-21)4-6-13/h3-7,14,17H,1-2H3,(H,23,24,28). The van der Waals surface area contributed by atoms with Crippen molar-refractivity contribution in [2.75, 3.05) is 0 Å². The Labute approximate surface area is 164 Å². The highest BCUT2D eigenvalue weighted by Crippen LogP contribution is 2.30. The van der Waals surface area contributed by atoms with E-state index in [4.69, 9.17) is 9.68 Å². The summed E-state index contributed by atoms with van der Waals surface area (Å²) < 4.78 is 6.58. The molecule has 9 nitrogen and oxygen atoms in total. The molecule has 2 atom stereocenters. The molecule has 0 bridgehead atoms. The fourth-order valence-electron chi connectivity index (χ4n) is 3.40. The molecule has 29 heavy (non-hydrogen) atoms. The minimum absolute atomic E-state index is 0.0581. The summed E-state index contributed by atoms with van der Waals surface area (Å²) in [7, 11) is 0. The molecular formula is C20H14N6O3. The summed E-state index contributed by atoms with van der Waals surface area (Å²) in [4.78, 5) is 29.0. The van der Waals surface area contributed by atoms with Crippen molar-refractivity contribution in [3.05, 3.63) is 63.1 Å². The third-order valence-electron chi connectivity index (χ3n) is 4.76. The number of hydrogen-bond acceptors (Lipinski definition) is 7. The van der Waals surface area contributed by atoms with E-state index in [0.717, 1.165) is 0 Å². The molecule has 2 unspecified atom stereocenters. The van der Waals surface area contributed by atoms with Crippen LogP contribution in [0.25, 0.3) is 11.1 Å². The molecule has 0 saturated carbocycles. The first-order chi connectivity index (χ1) is 13.9. The lowest BCUT2D eigenvalue weighted by molar-refractivity contribution is -0.123. The van der Waals surface area contributed by atoms with Crippen LogP contribution in [-0.4, -0.2) is 21.6 Å². The molecule has 2 aromatic heterocycles. The van der Waals surface area contributed by atoms with Crippen molar-refractivity contribution in [1.29, 1.82) is 10.5 Å². The molecule has 0 fully saturated rings. The lowest BCUT2D eigenvalue weighted by atomic mass is 9.92. The Bertz CT molecular complexity index is 1320. The van der Waals surface area contributed by atoms with Crippen molar-refractivity contribution >= 4 is 23.0 Å². The molecular weight excluding hydrogens is 372 g/mol. The highest BCUT2D eigenvalue weighted by Gasteiger charge is 2.36. The van der Waals surface area contributed by atoms with Crippen molar-refractivity contribution in [3.8, 4) is 12.1 Å². The number of amides is 1. The van der Waals surface area contributed by atoms with Gasteiger partial charge in [0.2, 0.25) is 17.6 Å². The van der Waals surface area contributed by atoms with Gasteiger partial charge in [-0.15, -0.1) is 0 Å². The molecule has 0 saturated heterocycles. The van der Waals surface area contributed by atoms with Crippen molar-refractivity contribution in [2.45, 2.75) is 19.9 Å². The summed E-state index contributed by atoms with van der Waals surface area (Å²) in [5.74, 6) is -1.53. The summed E-state index contributed by atoms with van der Waals surface area (Å²) >= 11 is 0. The predicted octanol–water partition coefficient (Wildman–Crippen LogP) is 1.69. The van der Waals surface area contributed by atoms with Crippen molar-refractivity contribution in [3.63, 3.8) is 0 Å². The van der Waals surface area contributed by atoms with Crippen LogP contribution in [0.4, 0.5) is 0 Å². The van der Waals surface area contributed by atoms with E-state index < -0.39 is 23.5 Å². The van der Waals surface area contributed by atoms with Crippen LogP contribution in [0.1, 0.15) is 28.4 Å². The molecule has 1 amide bonds. The van der Waals surface area contributed by atoms with Crippen LogP contribution < -0.4 is 10.9 Å². The number of carbonyl (C=O) groups excluding carboxylic acids is 1. The van der Waals surface area contributed by atoms with Crippen molar-refractivity contribution in [2.24, 2.45) is 10.9 Å². The summed E-state index contributed by atoms with van der Waals surface area (Å²) in [6.07, 6.45) is 0. The molecule has 3 aromatic rings. The molecule has 4 rings (SSSR count). The van der Waals surface area contributed by atoms with Crippen LogP contribution in [0.15, 0.2) is 44.5 Å². The number of aromatic nitrogens is 2. The zero-order valence-corrected chi connectivity index (χ0v) is 15.5. The lowest BCUT2D eigenvalue weighted by Crippen LogP contribution is -2.45. The Kier molecular flexibility index (Phi) is 4.21. The van der Waals surface area contributed by atoms with E-state index in [1.807, 2.05) is 12.1 Å². The van der Waals surface area contributed by atoms with Crippen molar-refractivity contribution in [1.82, 2.24) is 15.1 Å². The quantitative estimate of drug-likeness (QED) is 0.675. The first-order valence-corrected chi connectivity index (χ1v) is 8.71. The van der Waals surface area contributed by atoms with E-state index >= 15 is 0 Å². The maximum atomic E-state index is 12.6. The first kappa shape index (κ1) is 18.1. The van der Waals surface area contributed by atoms with Gasteiger partial charge in [0.1, 0.15) is 6.04 Å². The van der Waals surface area contributed by atoms with Gasteiger partial charge in [-0.05, 0) is 37.1 Å². The van der Waals surface area contributed by atoms with E-state index in [1.165, 1.54) is 10.7 Å². The maximum Gasteiger partial charge on any atom is 0.337 e. The Hall–Kier alpha value is -4.24. The fraction of sp³-hybridized carbons (Fsp3) is 0.200. The van der Waals surface area contributed by atoms with Gasteiger partial charge in [-0.1, -0.05) is 12.1 Å². The first-order valence-electron chi connectivity index (χ1n) is 8.71. The van der Waals surface area contributed by atoms with Gasteiger partial charge in [-0.2, -0.15) is 20.3 Å². The number of carbonyl (C=O) groups is 1. The normalized spacial score (nSPS) is 18.6. The molecule has 0 spiro atoms. The highest BCUT2D eigenvalue weighted by molar-refractivity contribution is 6.04. The zero-order valence-electron chi connectivity index (χ0n) is 15.5. The highest BCUT2D eigenvalue weighted by atomic mass is 16.4. The number of nitriles is 2. The summed E-state index contributed by atoms with van der Waals surface area (Å²) in [5, 5.41) is 26.1. The van der Waals surface area contributed by atoms with Gasteiger partial charge in [-0.25, -0.2) is 9.79 Å². The van der Waals surface area contributed by atoms with E-state index in [0.29, 0.717) is 27.8 Å². The van der Waals surface area contributed by atoms with E-state index in [-0.39, 0.29) is 11.7 Å². The Balaban J connectivity index is 1.90. The predicted molar refractivity (Wildman–Crippen MR) is 102 cm³/mol. The van der Waals surface area contributed by atoms with Crippen LogP contribution in [0, 0.1) is 42.4 Å². The zero-order chi connectivity index (χ0) is 20.7. The third-order valence-corrected chi connectivity index (χ3v) is 4.76. The summed E-state index contributed by atoms with van der Waals surface area (Å²) in [5.41, 5.74) is 1.99. The number of nitrogens with zero attached hydrogens (tertiary/aromatic N) is 5. The number of benzene rings is 1. The molecule has 1 aliphatic rings. The number of fused-ring (bicyclic) bond motifs is 1. The van der Waals surface area contributed by atoms with Gasteiger partial charge in [0, 0.05) is 6.07 Å². The Morgan fingerprint density at radius 3 is 2.55 bits per heavy atom. The second kappa shape index (κ2) is 6.73. The minimum atomic E-state index is -1.05. The second-order valence-electron chi connectivity index (χ2n) is 6.65. The van der Waals surface area contributed by atoms with E-state index in [9.17, 15) is 14.9 Å². The smallest absolute Gasteiger partial charge is 0.337 e. The monoisotopic (exact) mass is 386 g/mol. The molecule has 1 aliphatic heterocycles. The van der Waals surface area contributed by atoms with Gasteiger partial charge >= 0.3 is 5.63 Å². The molecule has 142 valence electrons. The van der Waals surface area contributed by atoms with Gasteiger partial charge in [0.05, 0.1) is 28.8 Å². The van der Waals surface area contributed by atoms with Crippen LogP contribution in [0.2, 0.25) is 0 Å². The van der Waals surface area contributed by atoms with Crippen LogP contribution in [0.5, 0.6) is 0 Å². The van der Waals surface area contributed by atoms with E-state index in [2.05, 4.69) is 15.4 Å². The topological polar surface area (TPSA) is 137 Å². The minimum Gasteiger partial charge on any atom is -0.403 e. The average Bonchev–Trinajstić information content (AvgIpc) is 3.04. The third kappa shape index (κ3) is 2.95. The molecule has 9 heteroatoms. The molecule has 0 aliphatic carbocycles. The summed E-state index contributed by atoms with van der Waals surface area (Å²) in [6.45, 7) is 3.53. The van der Waals surface area contributed by atoms with Crippen LogP contribution in [-0.2, 0) is 4.79 Å². The largest absolute Gasteiger partial charge is 0.403 e. The molecule has 1 N–H and O–H groups in total. The number of aliphatic imine (C=N–C) groups is 1. The van der Waals surface area contributed by atoms with Gasteiger partial charge in [0.15, 0.2) is 5.92 Å². The Morgan fingerprint density at radius 1 is 1.17 bits per heavy atom. The average molecular weight is 386 g/mol. The lowest BCUT2D eigenvalue weighted by Gasteiger charge is -2.25. The number of aryl methyl sites for hydroxylation is 2. The molecule has 1 aromatic carbocycles.